The molecule has 0 aromatic heterocycles. The zero-order chi connectivity index (χ0) is 22.4. The SMILES string of the molecule is C=C1CC[C@H](O)C/C1=C\C=C1/CCC[C@]2(C)[C@@H]([C@H](C)C[C@@H]3C[C@](C)(O)C(=O)O3)CC[C@@H]12. The van der Waals surface area contributed by atoms with E-state index in [0.717, 1.165) is 25.7 Å². The van der Waals surface area contributed by atoms with E-state index >= 15 is 0 Å². The van der Waals surface area contributed by atoms with Gasteiger partial charge in [0.2, 0.25) is 0 Å². The van der Waals surface area contributed by atoms with Crippen LogP contribution in [0.25, 0.3) is 0 Å². The van der Waals surface area contributed by atoms with E-state index in [1.807, 2.05) is 0 Å². The van der Waals surface area contributed by atoms with Crippen LogP contribution in [0, 0.1) is 23.2 Å². The van der Waals surface area contributed by atoms with E-state index in [1.54, 1.807) is 12.5 Å². The standard InChI is InChI=1S/C27H40O4/c1-17-7-10-21(28)15-20(17)9-8-19-6-5-13-26(3)23(11-12-24(19)26)18(2)14-22-16-27(4,30)25(29)31-22/h8-9,18,21-24,28,30H,1,5-7,10-16H2,2-4H3/b19-8+,20-9+/t18-,21+,22-,23-,24+,26-,27+/m1/s1. The molecule has 1 aliphatic heterocycles. The van der Waals surface area contributed by atoms with Crippen molar-refractivity contribution >= 4 is 5.97 Å². The second kappa shape index (κ2) is 8.51. The highest BCUT2D eigenvalue weighted by molar-refractivity contribution is 5.80. The van der Waals surface area contributed by atoms with E-state index in [2.05, 4.69) is 32.6 Å². The van der Waals surface area contributed by atoms with Crippen molar-refractivity contribution in [1.29, 1.82) is 0 Å². The van der Waals surface area contributed by atoms with Crippen LogP contribution in [-0.2, 0) is 9.53 Å². The Morgan fingerprint density at radius 2 is 2.00 bits per heavy atom. The maximum absolute atomic E-state index is 11.9. The van der Waals surface area contributed by atoms with E-state index in [0.29, 0.717) is 24.2 Å². The highest BCUT2D eigenvalue weighted by atomic mass is 16.6. The minimum absolute atomic E-state index is 0.160. The third-order valence-electron chi connectivity index (χ3n) is 8.89. The average molecular weight is 429 g/mol. The zero-order valence-electron chi connectivity index (χ0n) is 19.5. The molecule has 1 heterocycles. The first-order chi connectivity index (χ1) is 14.6. The molecule has 0 radical (unpaired) electrons. The summed E-state index contributed by atoms with van der Waals surface area (Å²) in [5, 5.41) is 20.2. The van der Waals surface area contributed by atoms with Gasteiger partial charge in [-0.25, -0.2) is 4.79 Å². The van der Waals surface area contributed by atoms with Crippen LogP contribution in [-0.4, -0.2) is 34.0 Å². The molecule has 0 spiro atoms. The molecular weight excluding hydrogens is 388 g/mol. The summed E-state index contributed by atoms with van der Waals surface area (Å²) in [5.41, 5.74) is 2.93. The van der Waals surface area contributed by atoms with E-state index in [-0.39, 0.29) is 17.6 Å². The number of esters is 1. The smallest absolute Gasteiger partial charge is 0.338 e. The Morgan fingerprint density at radius 3 is 2.71 bits per heavy atom. The average Bonchev–Trinajstić information content (AvgIpc) is 3.17. The molecule has 7 atom stereocenters. The van der Waals surface area contributed by atoms with Crippen molar-refractivity contribution in [2.75, 3.05) is 0 Å². The van der Waals surface area contributed by atoms with Crippen molar-refractivity contribution in [3.63, 3.8) is 0 Å². The summed E-state index contributed by atoms with van der Waals surface area (Å²) in [7, 11) is 0. The second-order valence-electron chi connectivity index (χ2n) is 11.2. The van der Waals surface area contributed by atoms with Crippen molar-refractivity contribution in [1.82, 2.24) is 0 Å². The van der Waals surface area contributed by atoms with Crippen LogP contribution in [0.15, 0.2) is 35.5 Å². The minimum atomic E-state index is -1.32. The molecule has 2 N–H and O–H groups in total. The molecule has 172 valence electrons. The number of hydrogen-bond acceptors (Lipinski definition) is 4. The number of carbonyl (C=O) groups is 1. The molecule has 4 aliphatic rings. The minimum Gasteiger partial charge on any atom is -0.460 e. The number of carbonyl (C=O) groups excluding carboxylic acids is 1. The highest BCUT2D eigenvalue weighted by Gasteiger charge is 2.52. The molecule has 3 saturated carbocycles. The molecule has 4 heteroatoms. The summed E-state index contributed by atoms with van der Waals surface area (Å²) in [5.74, 6) is 1.23. The molecule has 4 fully saturated rings. The van der Waals surface area contributed by atoms with Crippen molar-refractivity contribution in [2.24, 2.45) is 23.2 Å². The van der Waals surface area contributed by atoms with Gasteiger partial charge in [-0.2, -0.15) is 0 Å². The molecule has 4 nitrogen and oxygen atoms in total. The van der Waals surface area contributed by atoms with E-state index in [9.17, 15) is 15.0 Å². The Labute approximate surface area is 187 Å². The maximum Gasteiger partial charge on any atom is 0.338 e. The van der Waals surface area contributed by atoms with Crippen LogP contribution < -0.4 is 0 Å². The Bertz CT molecular complexity index is 791. The van der Waals surface area contributed by atoms with Crippen molar-refractivity contribution in [3.8, 4) is 0 Å². The number of rotatable bonds is 4. The van der Waals surface area contributed by atoms with Gasteiger partial charge >= 0.3 is 5.97 Å². The lowest BCUT2D eigenvalue weighted by atomic mass is 9.60. The molecule has 4 rings (SSSR count). The summed E-state index contributed by atoms with van der Waals surface area (Å²) in [6.07, 6.45) is 14.0. The maximum atomic E-state index is 11.9. The van der Waals surface area contributed by atoms with Crippen LogP contribution in [0.4, 0.5) is 0 Å². The number of ether oxygens (including phenoxy) is 1. The summed E-state index contributed by atoms with van der Waals surface area (Å²) < 4.78 is 5.48. The van der Waals surface area contributed by atoms with E-state index < -0.39 is 11.6 Å². The van der Waals surface area contributed by atoms with Gasteiger partial charge in [-0.05, 0) is 93.5 Å². The fourth-order valence-electron chi connectivity index (χ4n) is 7.17. The molecule has 31 heavy (non-hydrogen) atoms. The summed E-state index contributed by atoms with van der Waals surface area (Å²) >= 11 is 0. The predicted octanol–water partition coefficient (Wildman–Crippen LogP) is 5.25. The lowest BCUT2D eigenvalue weighted by Crippen LogP contribution is -2.36. The summed E-state index contributed by atoms with van der Waals surface area (Å²) in [6.45, 7) is 10.6. The summed E-state index contributed by atoms with van der Waals surface area (Å²) in [6, 6.07) is 0. The Hall–Kier alpha value is -1.39. The van der Waals surface area contributed by atoms with Crippen molar-refractivity contribution in [3.05, 3.63) is 35.5 Å². The lowest BCUT2D eigenvalue weighted by molar-refractivity contribution is -0.154. The molecule has 3 aliphatic carbocycles. The topological polar surface area (TPSA) is 66.8 Å². The zero-order valence-corrected chi connectivity index (χ0v) is 19.5. The number of aliphatic hydroxyl groups excluding tert-OH is 1. The van der Waals surface area contributed by atoms with Gasteiger partial charge in [0.25, 0.3) is 0 Å². The van der Waals surface area contributed by atoms with Crippen LogP contribution in [0.5, 0.6) is 0 Å². The first-order valence-corrected chi connectivity index (χ1v) is 12.3. The second-order valence-corrected chi connectivity index (χ2v) is 11.2. The quantitative estimate of drug-likeness (QED) is 0.600. The number of hydrogen-bond donors (Lipinski definition) is 2. The Morgan fingerprint density at radius 1 is 1.23 bits per heavy atom. The summed E-state index contributed by atoms with van der Waals surface area (Å²) in [4.78, 5) is 11.9. The van der Waals surface area contributed by atoms with Crippen LogP contribution in [0.3, 0.4) is 0 Å². The monoisotopic (exact) mass is 428 g/mol. The molecule has 0 unspecified atom stereocenters. The van der Waals surface area contributed by atoms with Gasteiger partial charge in [-0.15, -0.1) is 0 Å². The fraction of sp³-hybridized carbons (Fsp3) is 0.741. The molecule has 1 saturated heterocycles. The number of cyclic esters (lactones) is 1. The van der Waals surface area contributed by atoms with Gasteiger partial charge in [0.1, 0.15) is 6.10 Å². The van der Waals surface area contributed by atoms with Crippen molar-refractivity contribution in [2.45, 2.75) is 103 Å². The van der Waals surface area contributed by atoms with Crippen LogP contribution in [0.2, 0.25) is 0 Å². The number of allylic oxidation sites excluding steroid dienone is 4. The molecule has 0 bridgehead atoms. The largest absolute Gasteiger partial charge is 0.460 e. The van der Waals surface area contributed by atoms with Gasteiger partial charge in [0.05, 0.1) is 6.10 Å². The van der Waals surface area contributed by atoms with Crippen molar-refractivity contribution < 1.29 is 19.7 Å². The number of fused-ring (bicyclic) bond motifs is 1. The molecular formula is C27H40O4. The fourth-order valence-corrected chi connectivity index (χ4v) is 7.17. The Kier molecular flexibility index (Phi) is 6.26. The van der Waals surface area contributed by atoms with E-state index in [1.165, 1.54) is 43.3 Å². The third kappa shape index (κ3) is 4.43. The van der Waals surface area contributed by atoms with Gasteiger partial charge in [-0.1, -0.05) is 43.7 Å². The molecule has 0 aromatic carbocycles. The number of aliphatic hydroxyl groups is 2. The normalized spacial score (nSPS) is 44.5. The first kappa shape index (κ1) is 22.8. The van der Waals surface area contributed by atoms with Crippen LogP contribution >= 0.6 is 0 Å². The van der Waals surface area contributed by atoms with Gasteiger partial charge in [0.15, 0.2) is 5.60 Å². The Balaban J connectivity index is 1.46. The van der Waals surface area contributed by atoms with Gasteiger partial charge in [-0.3, -0.25) is 0 Å². The lowest BCUT2D eigenvalue weighted by Gasteiger charge is -2.44. The highest BCUT2D eigenvalue weighted by Crippen LogP contribution is 2.60. The van der Waals surface area contributed by atoms with Crippen LogP contribution in [0.1, 0.15) is 85.0 Å². The predicted molar refractivity (Wildman–Crippen MR) is 122 cm³/mol. The third-order valence-corrected chi connectivity index (χ3v) is 8.89. The first-order valence-electron chi connectivity index (χ1n) is 12.3. The molecule has 0 amide bonds. The van der Waals surface area contributed by atoms with Gasteiger partial charge in [0, 0.05) is 6.42 Å². The van der Waals surface area contributed by atoms with E-state index in [4.69, 9.17) is 4.74 Å². The molecule has 0 aromatic rings. The van der Waals surface area contributed by atoms with Gasteiger partial charge < -0.3 is 14.9 Å².